The number of carbonyl (C=O) groups excluding carboxylic acids is 2. The third-order valence-electron chi connectivity index (χ3n) is 5.42. The van der Waals surface area contributed by atoms with Crippen molar-refractivity contribution in [2.24, 2.45) is 5.92 Å². The number of hydrogen-bond donors (Lipinski definition) is 2. The maximum absolute atomic E-state index is 12.7. The van der Waals surface area contributed by atoms with E-state index in [0.29, 0.717) is 31.1 Å². The summed E-state index contributed by atoms with van der Waals surface area (Å²) in [5.74, 6) is -1.51. The van der Waals surface area contributed by atoms with Gasteiger partial charge in [0.25, 0.3) is 5.91 Å². The van der Waals surface area contributed by atoms with Crippen LogP contribution in [0.25, 0.3) is 0 Å². The molecule has 29 heavy (non-hydrogen) atoms. The van der Waals surface area contributed by atoms with Crippen LogP contribution in [0.3, 0.4) is 0 Å². The lowest BCUT2D eigenvalue weighted by Gasteiger charge is -2.37. The van der Waals surface area contributed by atoms with Crippen molar-refractivity contribution in [1.29, 1.82) is 0 Å². The van der Waals surface area contributed by atoms with Crippen LogP contribution in [-0.2, 0) is 19.1 Å². The van der Waals surface area contributed by atoms with Crippen LogP contribution in [-0.4, -0.2) is 72.7 Å². The molecule has 2 N–H and O–H groups in total. The van der Waals surface area contributed by atoms with Crippen molar-refractivity contribution < 1.29 is 24.2 Å². The largest absolute Gasteiger partial charge is 0.479 e. The number of nitrogens with one attached hydrogen (secondary N) is 1. The molecule has 0 radical (unpaired) electrons. The number of rotatable bonds is 8. The molecule has 2 heterocycles. The number of epoxide rings is 1. The third-order valence-corrected chi connectivity index (χ3v) is 5.74. The minimum Gasteiger partial charge on any atom is -0.479 e. The zero-order chi connectivity index (χ0) is 21.0. The van der Waals surface area contributed by atoms with Crippen LogP contribution in [0.15, 0.2) is 24.3 Å². The van der Waals surface area contributed by atoms with Crippen molar-refractivity contribution >= 4 is 35.1 Å². The molecular formula is C20H26ClN3O5. The predicted octanol–water partition coefficient (Wildman–Crippen LogP) is 1.37. The Morgan fingerprint density at radius 2 is 1.90 bits per heavy atom. The molecule has 2 saturated heterocycles. The molecule has 0 unspecified atom stereocenters. The highest BCUT2D eigenvalue weighted by molar-refractivity contribution is 6.33. The van der Waals surface area contributed by atoms with Gasteiger partial charge in [-0.15, -0.1) is 0 Å². The molecule has 0 spiro atoms. The number of benzene rings is 1. The molecule has 1 aromatic carbocycles. The standard InChI is InChI=1S/C20H26ClN3O5/c1-2-13(12-22-19(26)17-18(29-17)20(27)28)11-16(25)24-9-7-23(8-10-24)15-6-4-3-5-14(15)21/h3-6,13,17-18H,2,7-12H2,1H3,(H,22,26)(H,27,28)/t13-,17-,18-/m0/s1. The Hall–Kier alpha value is -2.32. The quantitative estimate of drug-likeness (QED) is 0.612. The van der Waals surface area contributed by atoms with Crippen molar-refractivity contribution in [3.8, 4) is 0 Å². The van der Waals surface area contributed by atoms with Gasteiger partial charge in [0.1, 0.15) is 0 Å². The Bertz CT molecular complexity index is 766. The summed E-state index contributed by atoms with van der Waals surface area (Å²) in [6.45, 7) is 4.99. The molecule has 158 valence electrons. The van der Waals surface area contributed by atoms with Crippen LogP contribution in [0.1, 0.15) is 19.8 Å². The van der Waals surface area contributed by atoms with Crippen LogP contribution in [0.2, 0.25) is 5.02 Å². The first-order valence-electron chi connectivity index (χ1n) is 9.84. The summed E-state index contributed by atoms with van der Waals surface area (Å²) < 4.78 is 4.84. The third kappa shape index (κ3) is 5.39. The summed E-state index contributed by atoms with van der Waals surface area (Å²) in [5, 5.41) is 12.2. The van der Waals surface area contributed by atoms with Crippen LogP contribution < -0.4 is 10.2 Å². The first-order valence-corrected chi connectivity index (χ1v) is 10.2. The minimum absolute atomic E-state index is 0.00456. The van der Waals surface area contributed by atoms with Crippen LogP contribution in [0.5, 0.6) is 0 Å². The van der Waals surface area contributed by atoms with Gasteiger partial charge in [0.15, 0.2) is 12.2 Å². The molecule has 0 saturated carbocycles. The Morgan fingerprint density at radius 3 is 2.48 bits per heavy atom. The summed E-state index contributed by atoms with van der Waals surface area (Å²) in [5.41, 5.74) is 0.984. The number of carboxylic acids is 1. The minimum atomic E-state index is -1.14. The monoisotopic (exact) mass is 423 g/mol. The van der Waals surface area contributed by atoms with E-state index in [4.69, 9.17) is 21.4 Å². The molecule has 9 heteroatoms. The van der Waals surface area contributed by atoms with Gasteiger partial charge in [-0.3, -0.25) is 9.59 Å². The molecular weight excluding hydrogens is 398 g/mol. The SMILES string of the molecule is CC[C@H](CNC(=O)[C@H]1O[C@@H]1C(=O)O)CC(=O)N1CCN(c2ccccc2Cl)CC1. The number of anilines is 1. The van der Waals surface area contributed by atoms with E-state index in [1.54, 1.807) is 0 Å². The number of halogens is 1. The number of aliphatic carboxylic acids is 1. The van der Waals surface area contributed by atoms with Crippen LogP contribution >= 0.6 is 11.6 Å². The molecule has 0 bridgehead atoms. The highest BCUT2D eigenvalue weighted by atomic mass is 35.5. The Kier molecular flexibility index (Phi) is 6.97. The highest BCUT2D eigenvalue weighted by Gasteiger charge is 2.50. The Balaban J connectivity index is 1.43. The topological polar surface area (TPSA) is 102 Å². The van der Waals surface area contributed by atoms with E-state index in [-0.39, 0.29) is 11.8 Å². The molecule has 2 aliphatic rings. The molecule has 3 atom stereocenters. The van der Waals surface area contributed by atoms with E-state index in [2.05, 4.69) is 10.2 Å². The molecule has 2 amide bonds. The number of nitrogens with zero attached hydrogens (tertiary/aromatic N) is 2. The summed E-state index contributed by atoms with van der Waals surface area (Å²) in [7, 11) is 0. The second kappa shape index (κ2) is 9.45. The Morgan fingerprint density at radius 1 is 1.21 bits per heavy atom. The van der Waals surface area contributed by atoms with Crippen molar-refractivity contribution in [2.75, 3.05) is 37.6 Å². The Labute approximate surface area is 174 Å². The maximum atomic E-state index is 12.7. The molecule has 8 nitrogen and oxygen atoms in total. The number of amides is 2. The van der Waals surface area contributed by atoms with Gasteiger partial charge in [-0.05, 0) is 18.1 Å². The molecule has 1 aromatic rings. The van der Waals surface area contributed by atoms with Gasteiger partial charge in [-0.1, -0.05) is 37.1 Å². The first-order chi connectivity index (χ1) is 13.9. The van der Waals surface area contributed by atoms with Gasteiger partial charge in [0.2, 0.25) is 5.91 Å². The summed E-state index contributed by atoms with van der Waals surface area (Å²) in [6, 6.07) is 7.69. The van der Waals surface area contributed by atoms with E-state index in [1.165, 1.54) is 0 Å². The average Bonchev–Trinajstić information content (AvgIpc) is 3.52. The lowest BCUT2D eigenvalue weighted by molar-refractivity contribution is -0.138. The van der Waals surface area contributed by atoms with Crippen molar-refractivity contribution in [3.05, 3.63) is 29.3 Å². The van der Waals surface area contributed by atoms with E-state index in [9.17, 15) is 14.4 Å². The smallest absolute Gasteiger partial charge is 0.336 e. The highest BCUT2D eigenvalue weighted by Crippen LogP contribution is 2.26. The lowest BCUT2D eigenvalue weighted by atomic mass is 10.0. The fourth-order valence-electron chi connectivity index (χ4n) is 3.49. The normalized spacial score (nSPS) is 22.1. The number of para-hydroxylation sites is 1. The van der Waals surface area contributed by atoms with E-state index in [0.717, 1.165) is 25.2 Å². The number of hydrogen-bond acceptors (Lipinski definition) is 5. The second-order valence-electron chi connectivity index (χ2n) is 7.36. The van der Waals surface area contributed by atoms with E-state index in [1.807, 2.05) is 36.1 Å². The number of ether oxygens (including phenoxy) is 1. The summed E-state index contributed by atoms with van der Waals surface area (Å²) in [4.78, 5) is 39.4. The molecule has 0 aliphatic carbocycles. The van der Waals surface area contributed by atoms with Gasteiger partial charge in [-0.2, -0.15) is 0 Å². The van der Waals surface area contributed by atoms with E-state index >= 15 is 0 Å². The van der Waals surface area contributed by atoms with Gasteiger partial charge in [-0.25, -0.2) is 4.79 Å². The molecule has 2 aliphatic heterocycles. The number of piperazine rings is 1. The zero-order valence-electron chi connectivity index (χ0n) is 16.3. The van der Waals surface area contributed by atoms with Gasteiger partial charge in [0.05, 0.1) is 10.7 Å². The summed E-state index contributed by atoms with van der Waals surface area (Å²) >= 11 is 6.26. The van der Waals surface area contributed by atoms with E-state index < -0.39 is 24.1 Å². The number of carboxylic acid groups (broad SMARTS) is 1. The zero-order valence-corrected chi connectivity index (χ0v) is 17.1. The first kappa shape index (κ1) is 21.4. The number of carbonyl (C=O) groups is 3. The van der Waals surface area contributed by atoms with Gasteiger partial charge < -0.3 is 25.0 Å². The average molecular weight is 424 g/mol. The van der Waals surface area contributed by atoms with Gasteiger partial charge >= 0.3 is 5.97 Å². The maximum Gasteiger partial charge on any atom is 0.336 e. The van der Waals surface area contributed by atoms with Gasteiger partial charge in [0, 0.05) is 39.1 Å². The van der Waals surface area contributed by atoms with Crippen molar-refractivity contribution in [2.45, 2.75) is 32.0 Å². The molecule has 3 rings (SSSR count). The van der Waals surface area contributed by atoms with Crippen LogP contribution in [0.4, 0.5) is 5.69 Å². The fraction of sp³-hybridized carbons (Fsp3) is 0.550. The lowest BCUT2D eigenvalue weighted by Crippen LogP contribution is -2.49. The fourth-order valence-corrected chi connectivity index (χ4v) is 3.74. The summed E-state index contributed by atoms with van der Waals surface area (Å²) in [6.07, 6.45) is -0.888. The molecule has 2 fully saturated rings. The van der Waals surface area contributed by atoms with Crippen molar-refractivity contribution in [1.82, 2.24) is 10.2 Å². The van der Waals surface area contributed by atoms with Crippen molar-refractivity contribution in [3.63, 3.8) is 0 Å². The molecule has 0 aromatic heterocycles. The second-order valence-corrected chi connectivity index (χ2v) is 7.77. The van der Waals surface area contributed by atoms with Crippen LogP contribution in [0, 0.1) is 5.92 Å². The predicted molar refractivity (Wildman–Crippen MR) is 108 cm³/mol.